The Hall–Kier alpha value is -3.40. The largest absolute Gasteiger partial charge is 0.388 e. The lowest BCUT2D eigenvalue weighted by Crippen LogP contribution is -2.34. The lowest BCUT2D eigenvalue weighted by atomic mass is 9.74. The van der Waals surface area contributed by atoms with Gasteiger partial charge in [0.05, 0.1) is 5.69 Å². The molecule has 4 atom stereocenters. The first-order valence-corrected chi connectivity index (χ1v) is 17.3. The van der Waals surface area contributed by atoms with Crippen LogP contribution in [0.3, 0.4) is 0 Å². The number of aliphatic imine (C=N–C) groups is 2. The first-order valence-electron chi connectivity index (χ1n) is 17.3. The van der Waals surface area contributed by atoms with Crippen molar-refractivity contribution in [2.24, 2.45) is 33.7 Å². The molecule has 4 nitrogen and oxygen atoms in total. The number of hydrogen-bond acceptors (Lipinski definition) is 4. The van der Waals surface area contributed by atoms with Crippen LogP contribution in [0.4, 0.5) is 17.1 Å². The third-order valence-corrected chi connectivity index (χ3v) is 12.5. The fraction of sp³-hybridized carbons (Fsp3) is 0.524. The van der Waals surface area contributed by atoms with Crippen molar-refractivity contribution in [2.45, 2.75) is 118 Å². The molecule has 4 rings (SSSR count). The van der Waals surface area contributed by atoms with E-state index >= 15 is 0 Å². The Morgan fingerprint density at radius 1 is 0.413 bits per heavy atom. The Morgan fingerprint density at radius 3 is 1.28 bits per heavy atom. The van der Waals surface area contributed by atoms with E-state index in [0.29, 0.717) is 5.92 Å². The number of hydrogen-bond donors (Lipinski definition) is 2. The molecule has 2 aromatic rings. The molecule has 0 bridgehead atoms. The SMILES string of the molecule is CNc1c(C)c(C)c(NC2=C(C)C(C)=C(N=C3C(C)=C(C)C(=Nc4c(C)c(C)c(C)c(C)c4C)C(C)C3C)C(C)C2C)c(C)c1C. The highest BCUT2D eigenvalue weighted by molar-refractivity contribution is 6.18. The summed E-state index contributed by atoms with van der Waals surface area (Å²) >= 11 is 0. The molecule has 0 saturated heterocycles. The standard InChI is InChI=1S/C42H60N4/c1-19-20(2)22(4)37(23(5)21(19)3)44-39-28(10)30(12)41(31(13)29(39)11)46-42-34(16)32(14)40(33(15)35(42)17)45-38-26(8)24(6)36(43-18)25(7)27(38)9/h28,30,32,34,43,45H,1-18H3. The second-order valence-electron chi connectivity index (χ2n) is 14.5. The maximum absolute atomic E-state index is 5.58. The molecule has 2 aliphatic rings. The van der Waals surface area contributed by atoms with Crippen molar-refractivity contribution in [3.63, 3.8) is 0 Å². The second-order valence-corrected chi connectivity index (χ2v) is 14.5. The fourth-order valence-corrected chi connectivity index (χ4v) is 7.78. The maximum Gasteiger partial charge on any atom is 0.0696 e. The molecule has 2 aromatic carbocycles. The average molecular weight is 621 g/mol. The van der Waals surface area contributed by atoms with Crippen LogP contribution in [0.5, 0.6) is 0 Å². The summed E-state index contributed by atoms with van der Waals surface area (Å²) < 4.78 is 0. The van der Waals surface area contributed by atoms with Crippen LogP contribution in [0, 0.1) is 86.0 Å². The molecule has 2 aliphatic carbocycles. The highest BCUT2D eigenvalue weighted by Crippen LogP contribution is 2.44. The number of benzene rings is 2. The lowest BCUT2D eigenvalue weighted by molar-refractivity contribution is 0.482. The first kappa shape index (κ1) is 35.5. The van der Waals surface area contributed by atoms with Crippen molar-refractivity contribution in [2.75, 3.05) is 17.7 Å². The molecule has 0 aliphatic heterocycles. The van der Waals surface area contributed by atoms with Gasteiger partial charge < -0.3 is 10.6 Å². The molecule has 0 spiro atoms. The maximum atomic E-state index is 5.58. The van der Waals surface area contributed by atoms with E-state index in [1.807, 2.05) is 7.05 Å². The van der Waals surface area contributed by atoms with E-state index in [-0.39, 0.29) is 17.8 Å². The molecular weight excluding hydrogens is 560 g/mol. The van der Waals surface area contributed by atoms with Gasteiger partial charge in [-0.3, -0.25) is 9.98 Å². The normalized spacial score (nSPS) is 24.1. The second kappa shape index (κ2) is 13.0. The van der Waals surface area contributed by atoms with E-state index in [4.69, 9.17) is 9.98 Å². The van der Waals surface area contributed by atoms with Gasteiger partial charge in [0.1, 0.15) is 0 Å². The highest BCUT2D eigenvalue weighted by atomic mass is 14.9. The van der Waals surface area contributed by atoms with Gasteiger partial charge in [0.15, 0.2) is 0 Å². The van der Waals surface area contributed by atoms with Crippen LogP contribution in [-0.2, 0) is 0 Å². The van der Waals surface area contributed by atoms with Crippen molar-refractivity contribution < 1.29 is 0 Å². The number of nitrogens with zero attached hydrogens (tertiary/aromatic N) is 2. The molecule has 0 aromatic heterocycles. The molecule has 46 heavy (non-hydrogen) atoms. The van der Waals surface area contributed by atoms with E-state index in [1.165, 1.54) is 107 Å². The number of allylic oxidation sites excluding steroid dienone is 6. The summed E-state index contributed by atoms with van der Waals surface area (Å²) in [5.41, 5.74) is 25.6. The van der Waals surface area contributed by atoms with Crippen LogP contribution in [0.2, 0.25) is 0 Å². The van der Waals surface area contributed by atoms with Gasteiger partial charge >= 0.3 is 0 Å². The number of nitrogens with one attached hydrogen (secondary N) is 2. The lowest BCUT2D eigenvalue weighted by Gasteiger charge is -2.36. The molecule has 0 saturated carbocycles. The Balaban J connectivity index is 1.83. The van der Waals surface area contributed by atoms with Gasteiger partial charge in [0.2, 0.25) is 0 Å². The van der Waals surface area contributed by atoms with Gasteiger partial charge in [-0.15, -0.1) is 0 Å². The molecule has 4 unspecified atom stereocenters. The molecule has 4 heteroatoms. The van der Waals surface area contributed by atoms with Crippen LogP contribution in [0.15, 0.2) is 43.7 Å². The third kappa shape index (κ3) is 5.60. The van der Waals surface area contributed by atoms with Crippen molar-refractivity contribution in [1.29, 1.82) is 0 Å². The minimum Gasteiger partial charge on any atom is -0.388 e. The van der Waals surface area contributed by atoms with Crippen molar-refractivity contribution in [1.82, 2.24) is 0 Å². The summed E-state index contributed by atoms with van der Waals surface area (Å²) in [5, 5.41) is 7.38. The Morgan fingerprint density at radius 2 is 0.826 bits per heavy atom. The fourth-order valence-electron chi connectivity index (χ4n) is 7.78. The zero-order chi connectivity index (χ0) is 34.7. The molecule has 0 fully saturated rings. The quantitative estimate of drug-likeness (QED) is 0.349. The topological polar surface area (TPSA) is 48.8 Å². The number of rotatable bonds is 5. The van der Waals surface area contributed by atoms with Crippen LogP contribution >= 0.6 is 0 Å². The molecule has 248 valence electrons. The van der Waals surface area contributed by atoms with E-state index < -0.39 is 0 Å². The molecule has 0 amide bonds. The monoisotopic (exact) mass is 620 g/mol. The van der Waals surface area contributed by atoms with E-state index in [9.17, 15) is 0 Å². The van der Waals surface area contributed by atoms with Crippen LogP contribution in [0.25, 0.3) is 0 Å². The van der Waals surface area contributed by atoms with E-state index in [1.54, 1.807) is 0 Å². The average Bonchev–Trinajstić information content (AvgIpc) is 3.03. The molecule has 0 heterocycles. The smallest absolute Gasteiger partial charge is 0.0696 e. The highest BCUT2D eigenvalue weighted by Gasteiger charge is 2.35. The summed E-state index contributed by atoms with van der Waals surface area (Å²) in [5.74, 6) is 1.13. The van der Waals surface area contributed by atoms with Gasteiger partial charge in [-0.1, -0.05) is 27.7 Å². The summed E-state index contributed by atoms with van der Waals surface area (Å²) in [6.45, 7) is 38.5. The van der Waals surface area contributed by atoms with Gasteiger partial charge in [0, 0.05) is 64.9 Å². The molecule has 2 N–H and O–H groups in total. The van der Waals surface area contributed by atoms with E-state index in [0.717, 1.165) is 5.69 Å². The Kier molecular flexibility index (Phi) is 10.0. The Labute approximate surface area is 280 Å². The van der Waals surface area contributed by atoms with Crippen LogP contribution in [-0.4, -0.2) is 18.5 Å². The minimum atomic E-state index is 0.268. The van der Waals surface area contributed by atoms with Crippen LogP contribution in [0.1, 0.15) is 105 Å². The van der Waals surface area contributed by atoms with Gasteiger partial charge in [-0.05, 0) is 162 Å². The van der Waals surface area contributed by atoms with Gasteiger partial charge in [-0.2, -0.15) is 0 Å². The van der Waals surface area contributed by atoms with Crippen molar-refractivity contribution in [3.8, 4) is 0 Å². The van der Waals surface area contributed by atoms with Gasteiger partial charge in [-0.25, -0.2) is 0 Å². The molecule has 0 radical (unpaired) electrons. The summed E-state index contributed by atoms with van der Waals surface area (Å²) in [4.78, 5) is 11.0. The Bertz CT molecular complexity index is 1710. The summed E-state index contributed by atoms with van der Waals surface area (Å²) in [7, 11) is 2.02. The predicted octanol–water partition coefficient (Wildman–Crippen LogP) is 11.6. The van der Waals surface area contributed by atoms with Crippen molar-refractivity contribution in [3.05, 3.63) is 83.8 Å². The van der Waals surface area contributed by atoms with Crippen LogP contribution < -0.4 is 10.6 Å². The third-order valence-electron chi connectivity index (χ3n) is 12.5. The minimum absolute atomic E-state index is 0.268. The molecular formula is C42H60N4. The first-order chi connectivity index (χ1) is 21.4. The summed E-state index contributed by atoms with van der Waals surface area (Å²) in [6.07, 6.45) is 0. The predicted molar refractivity (Wildman–Crippen MR) is 204 cm³/mol. The van der Waals surface area contributed by atoms with E-state index in [2.05, 4.69) is 128 Å². The number of anilines is 2. The van der Waals surface area contributed by atoms with Gasteiger partial charge in [0.25, 0.3) is 0 Å². The summed E-state index contributed by atoms with van der Waals surface area (Å²) in [6, 6.07) is 0. The zero-order valence-corrected chi connectivity index (χ0v) is 32.2. The van der Waals surface area contributed by atoms with Crippen molar-refractivity contribution >= 4 is 28.5 Å². The zero-order valence-electron chi connectivity index (χ0n) is 32.2.